The first-order valence-corrected chi connectivity index (χ1v) is 22.4. The molecule has 8 rings (SSSR count). The minimum absolute atomic E-state index is 0.0139. The first kappa shape index (κ1) is 43.6. The molecule has 3 fully saturated rings. The number of aromatic nitrogens is 4. The Hall–Kier alpha value is -5.07. The number of rotatable bonds is 14. The van der Waals surface area contributed by atoms with Gasteiger partial charge in [0.25, 0.3) is 11.8 Å². The van der Waals surface area contributed by atoms with Crippen molar-refractivity contribution in [1.29, 1.82) is 0 Å². The van der Waals surface area contributed by atoms with Crippen molar-refractivity contribution in [1.82, 2.24) is 38.9 Å². The van der Waals surface area contributed by atoms with Crippen LogP contribution in [0.25, 0.3) is 22.3 Å². The number of carbonyl (C=O) groups excluding carboxylic acids is 4. The Morgan fingerprint density at radius 2 is 1.65 bits per heavy atom. The fraction of sp³-hybridized carbons (Fsp3) is 0.523. The number of amides is 3. The number of imidazole rings is 1. The predicted octanol–water partition coefficient (Wildman–Crippen LogP) is 6.01. The van der Waals surface area contributed by atoms with Gasteiger partial charge in [0.2, 0.25) is 11.9 Å². The molecule has 14 nitrogen and oxygen atoms in total. The monoisotopic (exact) mass is 874 g/mol. The molecule has 4 aliphatic rings. The largest absolute Gasteiger partial charge is 0.369 e. The molecule has 0 radical (unpaired) electrons. The number of piperidine rings is 2. The number of benzene rings is 2. The first-order valence-electron chi connectivity index (χ1n) is 21.6. The fourth-order valence-electron chi connectivity index (χ4n) is 9.43. The van der Waals surface area contributed by atoms with Crippen LogP contribution in [0.3, 0.4) is 0 Å². The summed E-state index contributed by atoms with van der Waals surface area (Å²) in [6, 6.07) is 4.63. The van der Waals surface area contributed by atoms with Gasteiger partial charge in [0.15, 0.2) is 11.6 Å². The van der Waals surface area contributed by atoms with E-state index >= 15 is 13.2 Å². The lowest BCUT2D eigenvalue weighted by atomic mass is 10.1. The highest BCUT2D eigenvalue weighted by molar-refractivity contribution is 7.97. The number of aldehydes is 1. The molecule has 3 saturated heterocycles. The Morgan fingerprint density at radius 1 is 0.919 bits per heavy atom. The van der Waals surface area contributed by atoms with E-state index in [-0.39, 0.29) is 58.9 Å². The van der Waals surface area contributed by atoms with Gasteiger partial charge in [-0.25, -0.2) is 28.1 Å². The molecule has 2 unspecified atom stereocenters. The number of nitrogens with one attached hydrogen (secondary N) is 2. The minimum Gasteiger partial charge on any atom is -0.369 e. The second kappa shape index (κ2) is 18.3. The molecule has 0 spiro atoms. The van der Waals surface area contributed by atoms with Gasteiger partial charge in [-0.3, -0.25) is 23.6 Å². The van der Waals surface area contributed by atoms with E-state index in [1.165, 1.54) is 19.2 Å². The maximum absolute atomic E-state index is 15.5. The van der Waals surface area contributed by atoms with Gasteiger partial charge >= 0.3 is 0 Å². The number of hydrogen-bond acceptors (Lipinski definition) is 12. The van der Waals surface area contributed by atoms with Gasteiger partial charge in [-0.15, -0.1) is 0 Å². The number of anilines is 2. The number of hydrogen-bond donors (Lipinski definition) is 2. The standard InChI is InChI=1S/C44H53F3N10O4S/c1-25(2)56-26(3)50-41-35(46)17-28(18-38(41)56)40-36(47)21-49-44(52-40)51-29-8-15-55(16-9-29)62-31-10-12-53(13-11-31)22-27-7-14-54(23-27)37-20-33-32(19-34(37)45)42(60)57(43(33)61)30(24-58)5-6-39(59)48-4/h17-21,24-25,27,29-31H,5-16,22-23H2,1-4H3,(H,48,59)(H,49,51,52). The van der Waals surface area contributed by atoms with Crippen LogP contribution >= 0.6 is 11.9 Å². The highest BCUT2D eigenvalue weighted by Gasteiger charge is 2.42. The number of aryl methyl sites for hydroxylation is 1. The highest BCUT2D eigenvalue weighted by Crippen LogP contribution is 2.36. The molecule has 4 aromatic rings. The van der Waals surface area contributed by atoms with Crippen LogP contribution in [0, 0.1) is 30.3 Å². The van der Waals surface area contributed by atoms with Crippen LogP contribution in [0.15, 0.2) is 30.5 Å². The summed E-state index contributed by atoms with van der Waals surface area (Å²) in [5.74, 6) is -2.09. The molecular weight excluding hydrogens is 822 g/mol. The van der Waals surface area contributed by atoms with Crippen LogP contribution in [-0.4, -0.2) is 128 Å². The first-order chi connectivity index (χ1) is 29.8. The zero-order chi connectivity index (χ0) is 43.8. The van der Waals surface area contributed by atoms with Crippen molar-refractivity contribution in [2.75, 3.05) is 63.1 Å². The highest BCUT2D eigenvalue weighted by atomic mass is 32.2. The smallest absolute Gasteiger partial charge is 0.262 e. The Bertz CT molecular complexity index is 2360. The average molecular weight is 875 g/mol. The lowest BCUT2D eigenvalue weighted by Gasteiger charge is -2.37. The molecule has 2 N–H and O–H groups in total. The number of halogens is 3. The Morgan fingerprint density at radius 3 is 2.34 bits per heavy atom. The molecule has 62 heavy (non-hydrogen) atoms. The average Bonchev–Trinajstić information content (AvgIpc) is 3.93. The Balaban J connectivity index is 0.790. The summed E-state index contributed by atoms with van der Waals surface area (Å²) in [5.41, 5.74) is 1.53. The quantitative estimate of drug-likeness (QED) is 0.0870. The minimum atomic E-state index is -1.12. The summed E-state index contributed by atoms with van der Waals surface area (Å²) in [4.78, 5) is 68.5. The zero-order valence-electron chi connectivity index (χ0n) is 35.5. The maximum atomic E-state index is 15.5. The van der Waals surface area contributed by atoms with Gasteiger partial charge in [-0.1, -0.05) is 11.9 Å². The van der Waals surface area contributed by atoms with Crippen molar-refractivity contribution in [3.63, 3.8) is 0 Å². The third-order valence-electron chi connectivity index (χ3n) is 12.6. The van der Waals surface area contributed by atoms with Crippen LogP contribution < -0.4 is 15.5 Å². The van der Waals surface area contributed by atoms with Crippen molar-refractivity contribution in [2.45, 2.75) is 89.1 Å². The number of nitrogens with zero attached hydrogens (tertiary/aromatic N) is 8. The summed E-state index contributed by atoms with van der Waals surface area (Å²) < 4.78 is 50.2. The van der Waals surface area contributed by atoms with E-state index in [1.807, 2.05) is 42.2 Å². The Kier molecular flexibility index (Phi) is 12.9. The topological polar surface area (TPSA) is 149 Å². The molecule has 2 aromatic carbocycles. The third-order valence-corrected chi connectivity index (χ3v) is 14.1. The molecule has 0 aliphatic carbocycles. The van der Waals surface area contributed by atoms with Crippen molar-refractivity contribution in [2.24, 2.45) is 5.92 Å². The molecular formula is C44H53F3N10O4S. The molecule has 330 valence electrons. The summed E-state index contributed by atoms with van der Waals surface area (Å²) >= 11 is 1.93. The van der Waals surface area contributed by atoms with Crippen LogP contribution in [-0.2, 0) is 9.59 Å². The van der Waals surface area contributed by atoms with Crippen molar-refractivity contribution < 1.29 is 32.3 Å². The summed E-state index contributed by atoms with van der Waals surface area (Å²) in [7, 11) is 1.46. The molecule has 18 heteroatoms. The lowest BCUT2D eigenvalue weighted by molar-refractivity contribution is -0.121. The third kappa shape index (κ3) is 8.91. The van der Waals surface area contributed by atoms with Gasteiger partial charge in [-0.2, -0.15) is 0 Å². The van der Waals surface area contributed by atoms with E-state index in [4.69, 9.17) is 0 Å². The number of imide groups is 1. The van der Waals surface area contributed by atoms with Gasteiger partial charge in [0.1, 0.15) is 29.1 Å². The van der Waals surface area contributed by atoms with Gasteiger partial charge in [0.05, 0.1) is 34.6 Å². The van der Waals surface area contributed by atoms with Crippen LogP contribution in [0.4, 0.5) is 24.8 Å². The van der Waals surface area contributed by atoms with Crippen molar-refractivity contribution in [3.05, 3.63) is 64.9 Å². The van der Waals surface area contributed by atoms with E-state index in [0.717, 1.165) is 82.0 Å². The van der Waals surface area contributed by atoms with E-state index in [2.05, 4.69) is 34.8 Å². The molecule has 2 aromatic heterocycles. The summed E-state index contributed by atoms with van der Waals surface area (Å²) in [5, 5.41) is 6.37. The second-order valence-corrected chi connectivity index (χ2v) is 18.5. The number of carbonyl (C=O) groups is 4. The molecule has 2 atom stereocenters. The normalized spacial score (nSPS) is 19.8. The summed E-state index contributed by atoms with van der Waals surface area (Å²) in [6.45, 7) is 11.7. The van der Waals surface area contributed by atoms with Crippen molar-refractivity contribution >= 4 is 58.6 Å². The lowest BCUT2D eigenvalue weighted by Crippen LogP contribution is -2.41. The van der Waals surface area contributed by atoms with Gasteiger partial charge in [-0.05, 0) is 103 Å². The SMILES string of the molecule is CNC(=O)CCC(C=O)N1C(=O)c2cc(F)c(N3CCC(CN4CCC(SN5CCC(Nc6ncc(F)c(-c7cc(F)c8nc(C)n(C(C)C)c8c7)n6)CC5)CC4)C3)cc2C1=O. The van der Waals surface area contributed by atoms with E-state index in [0.29, 0.717) is 53.4 Å². The second-order valence-electron chi connectivity index (χ2n) is 17.1. The van der Waals surface area contributed by atoms with Gasteiger partial charge in [0, 0.05) is 69.1 Å². The van der Waals surface area contributed by atoms with E-state index < -0.39 is 35.3 Å². The van der Waals surface area contributed by atoms with E-state index in [9.17, 15) is 19.2 Å². The molecule has 0 saturated carbocycles. The Labute approximate surface area is 363 Å². The molecule has 6 heterocycles. The van der Waals surface area contributed by atoms with Crippen LogP contribution in [0.5, 0.6) is 0 Å². The maximum Gasteiger partial charge on any atom is 0.262 e. The summed E-state index contributed by atoms with van der Waals surface area (Å²) in [6.07, 6.45) is 6.33. The van der Waals surface area contributed by atoms with Gasteiger partial charge < -0.3 is 29.8 Å². The predicted molar refractivity (Wildman–Crippen MR) is 231 cm³/mol. The van der Waals surface area contributed by atoms with E-state index in [1.54, 1.807) is 6.07 Å². The number of likely N-dealkylation sites (tertiary alicyclic amines) is 1. The zero-order valence-corrected chi connectivity index (χ0v) is 36.3. The van der Waals surface area contributed by atoms with Crippen LogP contribution in [0.1, 0.15) is 91.4 Å². The van der Waals surface area contributed by atoms with Crippen molar-refractivity contribution in [3.8, 4) is 11.3 Å². The fourth-order valence-corrected chi connectivity index (χ4v) is 10.7. The molecule has 4 aliphatic heterocycles. The van der Waals surface area contributed by atoms with Crippen LogP contribution in [0.2, 0.25) is 0 Å². The number of fused-ring (bicyclic) bond motifs is 2. The molecule has 0 bridgehead atoms. The molecule has 3 amide bonds.